The Hall–Kier alpha value is -0.775. The normalized spacial score (nSPS) is 9.67. The Kier molecular flexibility index (Phi) is 2.91. The van der Waals surface area contributed by atoms with Crippen LogP contribution in [0.3, 0.4) is 0 Å². The standard InChI is InChI=1S/C6H7BClNO3/c1-12-6-4(7(10)11)2-3-5(8)9-6/h2-3,10-11H,1H3. The molecule has 0 aliphatic carbocycles. The van der Waals surface area contributed by atoms with Crippen LogP contribution in [-0.2, 0) is 0 Å². The SMILES string of the molecule is COc1nc(Cl)ccc1B(O)O. The average Bonchev–Trinajstić information content (AvgIpc) is 2.03. The molecule has 0 unspecified atom stereocenters. The van der Waals surface area contributed by atoms with E-state index >= 15 is 0 Å². The van der Waals surface area contributed by atoms with Crippen LogP contribution < -0.4 is 10.2 Å². The summed E-state index contributed by atoms with van der Waals surface area (Å²) in [6, 6.07) is 2.90. The highest BCUT2D eigenvalue weighted by atomic mass is 35.5. The van der Waals surface area contributed by atoms with Crippen LogP contribution in [0.5, 0.6) is 5.88 Å². The number of halogens is 1. The molecule has 1 aromatic rings. The molecule has 0 aliphatic rings. The van der Waals surface area contributed by atoms with Crippen LogP contribution in [-0.4, -0.2) is 29.3 Å². The lowest BCUT2D eigenvalue weighted by atomic mass is 9.81. The van der Waals surface area contributed by atoms with Crippen molar-refractivity contribution in [2.45, 2.75) is 0 Å². The van der Waals surface area contributed by atoms with E-state index in [0.29, 0.717) is 0 Å². The van der Waals surface area contributed by atoms with E-state index in [9.17, 15) is 0 Å². The molecule has 0 saturated heterocycles. The lowest BCUT2D eigenvalue weighted by molar-refractivity contribution is 0.391. The van der Waals surface area contributed by atoms with E-state index in [2.05, 4.69) is 4.98 Å². The molecule has 64 valence electrons. The Bertz CT molecular complexity index is 281. The Morgan fingerprint density at radius 2 is 2.17 bits per heavy atom. The van der Waals surface area contributed by atoms with Gasteiger partial charge in [0.05, 0.1) is 7.11 Å². The van der Waals surface area contributed by atoms with Gasteiger partial charge in [0.1, 0.15) is 5.15 Å². The van der Waals surface area contributed by atoms with Gasteiger partial charge in [-0.2, -0.15) is 0 Å². The van der Waals surface area contributed by atoms with Crippen molar-refractivity contribution in [3.8, 4) is 5.88 Å². The zero-order valence-corrected chi connectivity index (χ0v) is 7.12. The molecule has 0 radical (unpaired) electrons. The third-order valence-corrected chi connectivity index (χ3v) is 1.54. The van der Waals surface area contributed by atoms with Crippen LogP contribution in [0.1, 0.15) is 0 Å². The summed E-state index contributed by atoms with van der Waals surface area (Å²) in [7, 11) is -0.213. The van der Waals surface area contributed by atoms with E-state index < -0.39 is 7.12 Å². The van der Waals surface area contributed by atoms with Crippen molar-refractivity contribution in [1.82, 2.24) is 4.98 Å². The summed E-state index contributed by atoms with van der Waals surface area (Å²) in [5.74, 6) is 0.123. The zero-order chi connectivity index (χ0) is 9.14. The molecule has 1 rings (SSSR count). The van der Waals surface area contributed by atoms with Gasteiger partial charge in [0.15, 0.2) is 0 Å². The summed E-state index contributed by atoms with van der Waals surface area (Å²) >= 11 is 5.55. The van der Waals surface area contributed by atoms with Crippen molar-refractivity contribution in [2.24, 2.45) is 0 Å². The minimum absolute atomic E-state index is 0.123. The first-order chi connectivity index (χ1) is 5.65. The van der Waals surface area contributed by atoms with Gasteiger partial charge in [-0.3, -0.25) is 0 Å². The molecule has 0 atom stereocenters. The van der Waals surface area contributed by atoms with Crippen molar-refractivity contribution in [2.75, 3.05) is 7.11 Å². The number of methoxy groups -OCH3 is 1. The maximum absolute atomic E-state index is 8.82. The van der Waals surface area contributed by atoms with Gasteiger partial charge < -0.3 is 14.8 Å². The smallest absolute Gasteiger partial charge is 0.481 e. The topological polar surface area (TPSA) is 62.6 Å². The molecule has 1 aromatic heterocycles. The molecule has 4 nitrogen and oxygen atoms in total. The highest BCUT2D eigenvalue weighted by molar-refractivity contribution is 6.59. The number of hydrogen-bond donors (Lipinski definition) is 2. The van der Waals surface area contributed by atoms with E-state index in [4.69, 9.17) is 26.4 Å². The number of ether oxygens (including phenoxy) is 1. The molecule has 0 aromatic carbocycles. The van der Waals surface area contributed by atoms with Crippen LogP contribution in [0.4, 0.5) is 0 Å². The Labute approximate surface area is 74.9 Å². The zero-order valence-electron chi connectivity index (χ0n) is 6.36. The maximum atomic E-state index is 8.82. The maximum Gasteiger partial charge on any atom is 0.494 e. The monoisotopic (exact) mass is 187 g/mol. The molecule has 2 N–H and O–H groups in total. The Morgan fingerprint density at radius 3 is 2.67 bits per heavy atom. The van der Waals surface area contributed by atoms with Gasteiger partial charge in [-0.05, 0) is 6.07 Å². The van der Waals surface area contributed by atoms with Gasteiger partial charge in [0.2, 0.25) is 5.88 Å². The number of hydrogen-bond acceptors (Lipinski definition) is 4. The quantitative estimate of drug-likeness (QED) is 0.480. The van der Waals surface area contributed by atoms with Gasteiger partial charge in [-0.25, -0.2) is 4.98 Å². The van der Waals surface area contributed by atoms with Gasteiger partial charge in [-0.15, -0.1) is 0 Å². The number of nitrogens with zero attached hydrogens (tertiary/aromatic N) is 1. The summed E-state index contributed by atoms with van der Waals surface area (Å²) in [6.45, 7) is 0. The first kappa shape index (κ1) is 9.31. The van der Waals surface area contributed by atoms with Crippen molar-refractivity contribution < 1.29 is 14.8 Å². The van der Waals surface area contributed by atoms with Crippen molar-refractivity contribution >= 4 is 24.2 Å². The third kappa shape index (κ3) is 1.88. The summed E-state index contributed by atoms with van der Waals surface area (Å²) in [5.41, 5.74) is 0.196. The minimum atomic E-state index is -1.59. The fourth-order valence-corrected chi connectivity index (χ4v) is 0.928. The van der Waals surface area contributed by atoms with Gasteiger partial charge in [-0.1, -0.05) is 17.7 Å². The molecule has 1 heterocycles. The molecule has 0 bridgehead atoms. The van der Waals surface area contributed by atoms with Crippen molar-refractivity contribution in [3.63, 3.8) is 0 Å². The van der Waals surface area contributed by atoms with Gasteiger partial charge in [0.25, 0.3) is 0 Å². The van der Waals surface area contributed by atoms with Gasteiger partial charge >= 0.3 is 7.12 Å². The molecule has 0 spiro atoms. The molecular formula is C6H7BClNO3. The first-order valence-electron chi connectivity index (χ1n) is 3.21. The van der Waals surface area contributed by atoms with Crippen molar-refractivity contribution in [1.29, 1.82) is 0 Å². The predicted molar refractivity (Wildman–Crippen MR) is 45.6 cm³/mol. The molecule has 0 fully saturated rings. The van der Waals surface area contributed by atoms with Crippen molar-refractivity contribution in [3.05, 3.63) is 17.3 Å². The van der Waals surface area contributed by atoms with E-state index in [1.165, 1.54) is 19.2 Å². The molecular weight excluding hydrogens is 180 g/mol. The van der Waals surface area contributed by atoms with E-state index in [0.717, 1.165) is 0 Å². The lowest BCUT2D eigenvalue weighted by Gasteiger charge is -2.05. The van der Waals surface area contributed by atoms with Crippen LogP contribution in [0, 0.1) is 0 Å². The first-order valence-corrected chi connectivity index (χ1v) is 3.59. The van der Waals surface area contributed by atoms with Crippen LogP contribution >= 0.6 is 11.6 Å². The Morgan fingerprint density at radius 1 is 1.50 bits per heavy atom. The summed E-state index contributed by atoms with van der Waals surface area (Å²) in [4.78, 5) is 3.74. The largest absolute Gasteiger partial charge is 0.494 e. The number of aromatic nitrogens is 1. The fourth-order valence-electron chi connectivity index (χ4n) is 0.789. The molecule has 0 amide bonds. The number of rotatable bonds is 2. The second-order valence-corrected chi connectivity index (χ2v) is 2.49. The molecule has 6 heteroatoms. The van der Waals surface area contributed by atoms with Crippen LogP contribution in [0.15, 0.2) is 12.1 Å². The second kappa shape index (κ2) is 3.75. The summed E-state index contributed by atoms with van der Waals surface area (Å²) in [5, 5.41) is 17.9. The third-order valence-electron chi connectivity index (χ3n) is 1.33. The highest BCUT2D eigenvalue weighted by Crippen LogP contribution is 2.09. The summed E-state index contributed by atoms with van der Waals surface area (Å²) < 4.78 is 4.77. The van der Waals surface area contributed by atoms with E-state index in [1.54, 1.807) is 0 Å². The summed E-state index contributed by atoms with van der Waals surface area (Å²) in [6.07, 6.45) is 0. The highest BCUT2D eigenvalue weighted by Gasteiger charge is 2.17. The second-order valence-electron chi connectivity index (χ2n) is 2.11. The molecule has 0 saturated carbocycles. The number of pyridine rings is 1. The average molecular weight is 187 g/mol. The van der Waals surface area contributed by atoms with Gasteiger partial charge in [0, 0.05) is 5.46 Å². The minimum Gasteiger partial charge on any atom is -0.481 e. The van der Waals surface area contributed by atoms with E-state index in [1.807, 2.05) is 0 Å². The fraction of sp³-hybridized carbons (Fsp3) is 0.167. The molecule has 12 heavy (non-hydrogen) atoms. The van der Waals surface area contributed by atoms with E-state index in [-0.39, 0.29) is 16.5 Å². The predicted octanol–water partition coefficient (Wildman–Crippen LogP) is -0.577. The lowest BCUT2D eigenvalue weighted by Crippen LogP contribution is -2.31. The Balaban J connectivity index is 3.11. The van der Waals surface area contributed by atoms with Crippen LogP contribution in [0.25, 0.3) is 0 Å². The molecule has 0 aliphatic heterocycles. The van der Waals surface area contributed by atoms with Crippen LogP contribution in [0.2, 0.25) is 5.15 Å².